The summed E-state index contributed by atoms with van der Waals surface area (Å²) in [5.41, 5.74) is 1.36. The van der Waals surface area contributed by atoms with Gasteiger partial charge in [0.15, 0.2) is 0 Å². The first-order valence-electron chi connectivity index (χ1n) is 5.93. The van der Waals surface area contributed by atoms with Gasteiger partial charge in [0.2, 0.25) is 0 Å². The van der Waals surface area contributed by atoms with Crippen molar-refractivity contribution in [2.45, 2.75) is 18.4 Å². The molecule has 2 aromatic rings. The summed E-state index contributed by atoms with van der Waals surface area (Å²) < 4.78 is 24.2. The predicted octanol–water partition coefficient (Wildman–Crippen LogP) is 3.06. The van der Waals surface area contributed by atoms with E-state index in [1.165, 1.54) is 6.07 Å². The fourth-order valence-corrected chi connectivity index (χ4v) is 2.99. The molecule has 0 amide bonds. The predicted molar refractivity (Wildman–Crippen MR) is 77.7 cm³/mol. The van der Waals surface area contributed by atoms with E-state index in [1.807, 2.05) is 30.3 Å². The van der Waals surface area contributed by atoms with Crippen molar-refractivity contribution in [3.8, 4) is 0 Å². The Balaban J connectivity index is 2.06. The molecule has 0 fully saturated rings. The third-order valence-electron chi connectivity index (χ3n) is 2.76. The van der Waals surface area contributed by atoms with Crippen LogP contribution in [0, 0.1) is 6.92 Å². The summed E-state index contributed by atoms with van der Waals surface area (Å²) in [6.07, 6.45) is 0. The van der Waals surface area contributed by atoms with E-state index in [0.29, 0.717) is 10.6 Å². The lowest BCUT2D eigenvalue weighted by atomic mass is 10.2. The maximum atomic E-state index is 12.1. The number of rotatable bonds is 5. The third kappa shape index (κ3) is 3.58. The standard InChI is InChI=1S/C14H14ClNO3S/c1-11-13(15)8-5-9-14(11)20(17,18)16-19-10-12-6-3-2-4-7-12/h2-9,16H,10H2,1H3. The lowest BCUT2D eigenvalue weighted by Gasteiger charge is -2.10. The molecule has 1 N–H and O–H groups in total. The zero-order valence-electron chi connectivity index (χ0n) is 10.8. The number of nitrogens with one attached hydrogen (secondary N) is 1. The van der Waals surface area contributed by atoms with Crippen molar-refractivity contribution >= 4 is 21.6 Å². The van der Waals surface area contributed by atoms with Crippen molar-refractivity contribution in [2.24, 2.45) is 0 Å². The second-order valence-electron chi connectivity index (χ2n) is 4.22. The van der Waals surface area contributed by atoms with Gasteiger partial charge in [-0.15, -0.1) is 0 Å². The van der Waals surface area contributed by atoms with E-state index in [-0.39, 0.29) is 11.5 Å². The molecule has 0 aliphatic heterocycles. The highest BCUT2D eigenvalue weighted by molar-refractivity contribution is 7.89. The molecule has 20 heavy (non-hydrogen) atoms. The molecule has 0 aliphatic carbocycles. The lowest BCUT2D eigenvalue weighted by molar-refractivity contribution is 0.0795. The number of hydrogen-bond acceptors (Lipinski definition) is 3. The molecule has 0 saturated heterocycles. The van der Waals surface area contributed by atoms with Crippen molar-refractivity contribution in [3.63, 3.8) is 0 Å². The first kappa shape index (κ1) is 15.0. The number of sulfonamides is 1. The second kappa shape index (κ2) is 6.37. The van der Waals surface area contributed by atoms with Crippen LogP contribution in [0.1, 0.15) is 11.1 Å². The number of halogens is 1. The normalized spacial score (nSPS) is 11.5. The zero-order valence-corrected chi connectivity index (χ0v) is 12.4. The third-order valence-corrected chi connectivity index (χ3v) is 4.53. The summed E-state index contributed by atoms with van der Waals surface area (Å²) in [7, 11) is -3.74. The summed E-state index contributed by atoms with van der Waals surface area (Å²) in [6, 6.07) is 14.0. The Morgan fingerprint density at radius 2 is 1.80 bits per heavy atom. The molecule has 0 heterocycles. The van der Waals surface area contributed by atoms with Crippen LogP contribution in [0.3, 0.4) is 0 Å². The van der Waals surface area contributed by atoms with E-state index in [2.05, 4.69) is 4.89 Å². The Bertz CT molecular complexity index is 687. The van der Waals surface area contributed by atoms with Crippen LogP contribution in [-0.4, -0.2) is 8.42 Å². The van der Waals surface area contributed by atoms with Gasteiger partial charge < -0.3 is 0 Å². The van der Waals surface area contributed by atoms with E-state index in [4.69, 9.17) is 16.4 Å². The molecule has 2 rings (SSSR count). The second-order valence-corrected chi connectivity index (χ2v) is 6.24. The maximum Gasteiger partial charge on any atom is 0.262 e. The van der Waals surface area contributed by atoms with Gasteiger partial charge in [-0.25, -0.2) is 8.42 Å². The molecule has 0 aromatic heterocycles. The van der Waals surface area contributed by atoms with Crippen molar-refractivity contribution in [3.05, 3.63) is 64.7 Å². The average Bonchev–Trinajstić information content (AvgIpc) is 2.42. The van der Waals surface area contributed by atoms with Gasteiger partial charge in [-0.1, -0.05) is 52.9 Å². The summed E-state index contributed by atoms with van der Waals surface area (Å²) >= 11 is 5.92. The van der Waals surface area contributed by atoms with Crippen LogP contribution in [0.15, 0.2) is 53.4 Å². The van der Waals surface area contributed by atoms with E-state index in [1.54, 1.807) is 19.1 Å². The van der Waals surface area contributed by atoms with Gasteiger partial charge in [0, 0.05) is 5.02 Å². The van der Waals surface area contributed by atoms with Crippen LogP contribution < -0.4 is 4.89 Å². The van der Waals surface area contributed by atoms with E-state index in [9.17, 15) is 8.42 Å². The molecule has 0 bridgehead atoms. The smallest absolute Gasteiger partial charge is 0.262 e. The van der Waals surface area contributed by atoms with Gasteiger partial charge in [-0.2, -0.15) is 0 Å². The first-order chi connectivity index (χ1) is 9.50. The molecule has 4 nitrogen and oxygen atoms in total. The van der Waals surface area contributed by atoms with Gasteiger partial charge in [-0.05, 0) is 30.2 Å². The molecule has 106 valence electrons. The van der Waals surface area contributed by atoms with Gasteiger partial charge in [-0.3, -0.25) is 4.84 Å². The molecule has 0 radical (unpaired) electrons. The SMILES string of the molecule is Cc1c(Cl)cccc1S(=O)(=O)NOCc1ccccc1. The minimum Gasteiger partial charge on any atom is -0.282 e. The van der Waals surface area contributed by atoms with Gasteiger partial charge in [0.25, 0.3) is 10.0 Å². The van der Waals surface area contributed by atoms with Crippen molar-refractivity contribution in [2.75, 3.05) is 0 Å². The van der Waals surface area contributed by atoms with Crippen molar-refractivity contribution < 1.29 is 13.3 Å². The molecule has 0 atom stereocenters. The van der Waals surface area contributed by atoms with Gasteiger partial charge in [0.1, 0.15) is 0 Å². The fourth-order valence-electron chi connectivity index (χ4n) is 1.69. The highest BCUT2D eigenvalue weighted by atomic mass is 35.5. The van der Waals surface area contributed by atoms with Crippen LogP contribution >= 0.6 is 11.6 Å². The Hall–Kier alpha value is -1.40. The van der Waals surface area contributed by atoms with E-state index in [0.717, 1.165) is 5.56 Å². The summed E-state index contributed by atoms with van der Waals surface area (Å²) in [5, 5.41) is 0.399. The minimum atomic E-state index is -3.74. The van der Waals surface area contributed by atoms with Crippen LogP contribution in [-0.2, 0) is 21.5 Å². The molecular weight excluding hydrogens is 298 g/mol. The Morgan fingerprint density at radius 3 is 2.50 bits per heavy atom. The van der Waals surface area contributed by atoms with Crippen LogP contribution in [0.5, 0.6) is 0 Å². The highest BCUT2D eigenvalue weighted by Crippen LogP contribution is 2.22. The molecule has 0 unspecified atom stereocenters. The van der Waals surface area contributed by atoms with Crippen LogP contribution in [0.2, 0.25) is 5.02 Å². The van der Waals surface area contributed by atoms with Crippen molar-refractivity contribution in [1.82, 2.24) is 4.89 Å². The van der Waals surface area contributed by atoms with E-state index < -0.39 is 10.0 Å². The largest absolute Gasteiger partial charge is 0.282 e. The van der Waals surface area contributed by atoms with E-state index >= 15 is 0 Å². The van der Waals surface area contributed by atoms with Gasteiger partial charge in [0.05, 0.1) is 11.5 Å². The quantitative estimate of drug-likeness (QED) is 0.863. The minimum absolute atomic E-state index is 0.109. The first-order valence-corrected chi connectivity index (χ1v) is 7.79. The number of benzene rings is 2. The summed E-state index contributed by atoms with van der Waals surface area (Å²) in [4.78, 5) is 7.27. The molecule has 0 spiro atoms. The Morgan fingerprint density at radius 1 is 1.10 bits per heavy atom. The van der Waals surface area contributed by atoms with Crippen LogP contribution in [0.4, 0.5) is 0 Å². The molecule has 6 heteroatoms. The summed E-state index contributed by atoms with van der Waals surface area (Å²) in [6.45, 7) is 1.80. The molecule has 0 aliphatic rings. The zero-order chi connectivity index (χ0) is 14.6. The maximum absolute atomic E-state index is 12.1. The highest BCUT2D eigenvalue weighted by Gasteiger charge is 2.18. The van der Waals surface area contributed by atoms with Gasteiger partial charge >= 0.3 is 0 Å². The molecular formula is C14H14ClNO3S. The topological polar surface area (TPSA) is 55.4 Å². The Kier molecular flexibility index (Phi) is 4.77. The number of hydrogen-bond donors (Lipinski definition) is 1. The lowest BCUT2D eigenvalue weighted by Crippen LogP contribution is -2.24. The fraction of sp³-hybridized carbons (Fsp3) is 0.143. The molecule has 2 aromatic carbocycles. The average molecular weight is 312 g/mol. The molecule has 0 saturated carbocycles. The monoisotopic (exact) mass is 311 g/mol. The summed E-state index contributed by atoms with van der Waals surface area (Å²) in [5.74, 6) is 0. The van der Waals surface area contributed by atoms with Crippen molar-refractivity contribution in [1.29, 1.82) is 0 Å². The van der Waals surface area contributed by atoms with Crippen LogP contribution in [0.25, 0.3) is 0 Å². The Labute approximate surface area is 123 Å².